The Morgan fingerprint density at radius 1 is 1.60 bits per heavy atom. The number of halogens is 1. The van der Waals surface area contributed by atoms with Gasteiger partial charge in [0, 0.05) is 22.0 Å². The summed E-state index contributed by atoms with van der Waals surface area (Å²) in [7, 11) is 0. The topological polar surface area (TPSA) is 29.5 Å². The van der Waals surface area contributed by atoms with Crippen molar-refractivity contribution in [3.05, 3.63) is 20.8 Å². The molecular weight excluding hydrogens is 276 g/mol. The Bertz CT molecular complexity index is 307. The van der Waals surface area contributed by atoms with E-state index in [9.17, 15) is 5.11 Å². The monoisotopic (exact) mass is 290 g/mol. The van der Waals surface area contributed by atoms with Gasteiger partial charge < -0.3 is 9.84 Å². The van der Waals surface area contributed by atoms with E-state index in [0.29, 0.717) is 6.10 Å². The van der Waals surface area contributed by atoms with E-state index in [0.717, 1.165) is 35.9 Å². The van der Waals surface area contributed by atoms with E-state index in [-0.39, 0.29) is 6.10 Å². The van der Waals surface area contributed by atoms with E-state index in [1.54, 1.807) is 11.3 Å². The summed E-state index contributed by atoms with van der Waals surface area (Å²) in [4.78, 5) is 0. The van der Waals surface area contributed by atoms with Crippen LogP contribution in [0.3, 0.4) is 0 Å². The molecule has 0 saturated carbocycles. The van der Waals surface area contributed by atoms with Gasteiger partial charge in [-0.15, -0.1) is 0 Å². The summed E-state index contributed by atoms with van der Waals surface area (Å²) < 4.78 is 6.55. The van der Waals surface area contributed by atoms with Crippen molar-refractivity contribution in [2.24, 2.45) is 0 Å². The van der Waals surface area contributed by atoms with Gasteiger partial charge in [0.1, 0.15) is 0 Å². The molecule has 1 aliphatic heterocycles. The molecule has 2 unspecified atom stereocenters. The zero-order valence-corrected chi connectivity index (χ0v) is 10.9. The van der Waals surface area contributed by atoms with Crippen molar-refractivity contribution in [2.75, 3.05) is 6.61 Å². The van der Waals surface area contributed by atoms with E-state index >= 15 is 0 Å². The average molecular weight is 291 g/mol. The van der Waals surface area contributed by atoms with Gasteiger partial charge in [-0.2, -0.15) is 11.3 Å². The van der Waals surface area contributed by atoms with Crippen LogP contribution in [0.15, 0.2) is 15.2 Å². The fourth-order valence-corrected chi connectivity index (χ4v) is 3.51. The first kappa shape index (κ1) is 11.6. The summed E-state index contributed by atoms with van der Waals surface area (Å²) in [6.45, 7) is 0.892. The number of ether oxygens (including phenoxy) is 1. The third kappa shape index (κ3) is 3.03. The normalized spacial score (nSPS) is 23.2. The zero-order valence-electron chi connectivity index (χ0n) is 8.49. The summed E-state index contributed by atoms with van der Waals surface area (Å²) >= 11 is 5.05. The van der Waals surface area contributed by atoms with Crippen molar-refractivity contribution in [1.29, 1.82) is 0 Å². The van der Waals surface area contributed by atoms with Crippen LogP contribution in [0, 0.1) is 0 Å². The van der Waals surface area contributed by atoms with Gasteiger partial charge >= 0.3 is 0 Å². The van der Waals surface area contributed by atoms with Gasteiger partial charge in [0.05, 0.1) is 12.2 Å². The lowest BCUT2D eigenvalue weighted by molar-refractivity contribution is 0.0812. The molecule has 1 aromatic rings. The second kappa shape index (κ2) is 5.43. The first-order valence-corrected chi connectivity index (χ1v) is 7.02. The molecule has 4 heteroatoms. The highest BCUT2D eigenvalue weighted by molar-refractivity contribution is 9.10. The van der Waals surface area contributed by atoms with Crippen LogP contribution >= 0.6 is 27.3 Å². The van der Waals surface area contributed by atoms with Crippen molar-refractivity contribution in [1.82, 2.24) is 0 Å². The molecule has 2 atom stereocenters. The quantitative estimate of drug-likeness (QED) is 0.920. The van der Waals surface area contributed by atoms with Crippen molar-refractivity contribution in [2.45, 2.75) is 37.9 Å². The van der Waals surface area contributed by atoms with Gasteiger partial charge in [0.15, 0.2) is 0 Å². The molecule has 0 bridgehead atoms. The maximum atomic E-state index is 9.97. The van der Waals surface area contributed by atoms with Crippen LogP contribution in [0.1, 0.15) is 37.4 Å². The van der Waals surface area contributed by atoms with Crippen LogP contribution in [-0.2, 0) is 4.74 Å². The lowest BCUT2D eigenvalue weighted by atomic mass is 10.0. The average Bonchev–Trinajstić information content (AvgIpc) is 2.84. The molecule has 15 heavy (non-hydrogen) atoms. The predicted molar refractivity (Wildman–Crippen MR) is 65.2 cm³/mol. The van der Waals surface area contributed by atoms with Crippen molar-refractivity contribution >= 4 is 27.3 Å². The molecule has 2 heterocycles. The molecule has 84 valence electrons. The second-order valence-corrected chi connectivity index (χ2v) is 5.50. The molecule has 0 aliphatic carbocycles. The largest absolute Gasteiger partial charge is 0.388 e. The number of rotatable bonds is 4. The van der Waals surface area contributed by atoms with Gasteiger partial charge in [-0.3, -0.25) is 0 Å². The summed E-state index contributed by atoms with van der Waals surface area (Å²) in [6, 6.07) is 0. The highest BCUT2D eigenvalue weighted by Gasteiger charge is 2.18. The van der Waals surface area contributed by atoms with E-state index in [1.807, 2.05) is 10.8 Å². The Labute approximate surface area is 102 Å². The smallest absolute Gasteiger partial charge is 0.0810 e. The van der Waals surface area contributed by atoms with Crippen molar-refractivity contribution < 1.29 is 9.84 Å². The summed E-state index contributed by atoms with van der Waals surface area (Å²) in [5.74, 6) is 0. The molecule has 1 fully saturated rings. The Morgan fingerprint density at radius 2 is 2.47 bits per heavy atom. The third-order valence-electron chi connectivity index (χ3n) is 2.79. The molecule has 1 N–H and O–H groups in total. The van der Waals surface area contributed by atoms with Crippen molar-refractivity contribution in [3.63, 3.8) is 0 Å². The minimum atomic E-state index is -0.352. The van der Waals surface area contributed by atoms with E-state index in [4.69, 9.17) is 4.74 Å². The van der Waals surface area contributed by atoms with E-state index < -0.39 is 0 Å². The lowest BCUT2D eigenvalue weighted by Crippen LogP contribution is -2.07. The highest BCUT2D eigenvalue weighted by Crippen LogP contribution is 2.31. The maximum Gasteiger partial charge on any atom is 0.0810 e. The first-order chi connectivity index (χ1) is 7.27. The molecule has 0 aromatic carbocycles. The van der Waals surface area contributed by atoms with E-state index in [2.05, 4.69) is 15.9 Å². The van der Waals surface area contributed by atoms with Crippen LogP contribution in [-0.4, -0.2) is 17.8 Å². The second-order valence-electron chi connectivity index (χ2n) is 3.90. The fourth-order valence-electron chi connectivity index (χ4n) is 1.90. The summed E-state index contributed by atoms with van der Waals surface area (Å²) in [6.07, 6.45) is 4.09. The van der Waals surface area contributed by atoms with E-state index in [1.165, 1.54) is 6.42 Å². The summed E-state index contributed by atoms with van der Waals surface area (Å²) in [5, 5.41) is 14.0. The minimum Gasteiger partial charge on any atom is -0.388 e. The maximum absolute atomic E-state index is 9.97. The highest BCUT2D eigenvalue weighted by atomic mass is 79.9. The van der Waals surface area contributed by atoms with Crippen LogP contribution in [0.5, 0.6) is 0 Å². The molecule has 1 saturated heterocycles. The molecule has 0 amide bonds. The Hall–Kier alpha value is 0.100. The number of aliphatic hydroxyl groups is 1. The Balaban J connectivity index is 1.81. The predicted octanol–water partition coefficient (Wildman–Crippen LogP) is 3.50. The molecule has 2 nitrogen and oxygen atoms in total. The van der Waals surface area contributed by atoms with Gasteiger partial charge in [-0.25, -0.2) is 0 Å². The third-order valence-corrected chi connectivity index (χ3v) is 4.54. The van der Waals surface area contributed by atoms with Crippen LogP contribution in [0.2, 0.25) is 0 Å². The zero-order chi connectivity index (χ0) is 10.7. The Morgan fingerprint density at radius 3 is 3.07 bits per heavy atom. The molecule has 0 spiro atoms. The van der Waals surface area contributed by atoms with Crippen molar-refractivity contribution in [3.8, 4) is 0 Å². The van der Waals surface area contributed by atoms with Gasteiger partial charge in [0.25, 0.3) is 0 Å². The number of hydrogen-bond donors (Lipinski definition) is 1. The van der Waals surface area contributed by atoms with Crippen LogP contribution in [0.4, 0.5) is 0 Å². The molecule has 0 radical (unpaired) electrons. The van der Waals surface area contributed by atoms with Gasteiger partial charge in [0.2, 0.25) is 0 Å². The first-order valence-electron chi connectivity index (χ1n) is 5.28. The number of hydrogen-bond acceptors (Lipinski definition) is 3. The molecule has 1 aliphatic rings. The molecule has 1 aromatic heterocycles. The lowest BCUT2D eigenvalue weighted by Gasteiger charge is -2.13. The standard InChI is InChI=1S/C11H15BrO2S/c12-10-7-15-6-9(10)11(13)4-3-8-2-1-5-14-8/h6-8,11,13H,1-5H2. The number of thiophene rings is 1. The van der Waals surface area contributed by atoms with Gasteiger partial charge in [-0.1, -0.05) is 0 Å². The summed E-state index contributed by atoms with van der Waals surface area (Å²) in [5.41, 5.74) is 1.01. The number of aliphatic hydroxyl groups excluding tert-OH is 1. The SMILES string of the molecule is OC(CCC1CCCO1)c1cscc1Br. The Kier molecular flexibility index (Phi) is 4.20. The van der Waals surface area contributed by atoms with Crippen LogP contribution < -0.4 is 0 Å². The molecule has 2 rings (SSSR count). The van der Waals surface area contributed by atoms with Gasteiger partial charge in [-0.05, 0) is 47.0 Å². The fraction of sp³-hybridized carbons (Fsp3) is 0.636. The van der Waals surface area contributed by atoms with Crippen LogP contribution in [0.25, 0.3) is 0 Å². The minimum absolute atomic E-state index is 0.352. The molecular formula is C11H15BrO2S.